The molecule has 0 unspecified atom stereocenters. The number of nitrogens with two attached hydrogens (primary N) is 1. The van der Waals surface area contributed by atoms with Gasteiger partial charge in [-0.1, -0.05) is 24.3 Å². The van der Waals surface area contributed by atoms with Crippen molar-refractivity contribution in [2.75, 3.05) is 24.6 Å². The second-order valence-corrected chi connectivity index (χ2v) is 8.93. The second kappa shape index (κ2) is 7.76. The van der Waals surface area contributed by atoms with E-state index in [2.05, 4.69) is 15.2 Å². The summed E-state index contributed by atoms with van der Waals surface area (Å²) >= 11 is 0. The summed E-state index contributed by atoms with van der Waals surface area (Å²) in [7, 11) is -3.19. The molecule has 0 atom stereocenters. The summed E-state index contributed by atoms with van der Waals surface area (Å²) in [6.45, 7) is 2.45. The third-order valence-corrected chi connectivity index (χ3v) is 6.74. The first-order valence-electron chi connectivity index (χ1n) is 9.30. The molecule has 0 saturated heterocycles. The lowest BCUT2D eigenvalue weighted by atomic mass is 10.0. The van der Waals surface area contributed by atoms with Crippen LogP contribution in [0.5, 0.6) is 0 Å². The van der Waals surface area contributed by atoms with E-state index in [0.717, 1.165) is 16.7 Å². The van der Waals surface area contributed by atoms with Gasteiger partial charge in [0.05, 0.1) is 11.3 Å². The molecule has 0 fully saturated rings. The van der Waals surface area contributed by atoms with E-state index in [0.29, 0.717) is 42.7 Å². The van der Waals surface area contributed by atoms with Crippen molar-refractivity contribution in [3.8, 4) is 22.9 Å². The third kappa shape index (κ3) is 3.92. The van der Waals surface area contributed by atoms with Crippen LogP contribution in [-0.4, -0.2) is 46.7 Å². The zero-order valence-corrected chi connectivity index (χ0v) is 16.8. The van der Waals surface area contributed by atoms with Crippen LogP contribution < -0.4 is 5.73 Å². The summed E-state index contributed by atoms with van der Waals surface area (Å²) in [5.41, 5.74) is 9.31. The Kier molecular flexibility index (Phi) is 5.16. The lowest BCUT2D eigenvalue weighted by Crippen LogP contribution is -2.35. The molecule has 150 valence electrons. The summed E-state index contributed by atoms with van der Waals surface area (Å²) in [5, 5.41) is 8.23. The van der Waals surface area contributed by atoms with Gasteiger partial charge in [0, 0.05) is 24.8 Å². The fourth-order valence-corrected chi connectivity index (χ4v) is 4.24. The molecule has 0 amide bonds. The highest BCUT2D eigenvalue weighted by molar-refractivity contribution is 7.89. The molecule has 1 aromatic carbocycles. The minimum Gasteiger partial charge on any atom is -0.416 e. The van der Waals surface area contributed by atoms with E-state index < -0.39 is 10.0 Å². The molecule has 9 heteroatoms. The molecule has 0 bridgehead atoms. The summed E-state index contributed by atoms with van der Waals surface area (Å²) in [6, 6.07) is 11.3. The zero-order chi connectivity index (χ0) is 20.4. The van der Waals surface area contributed by atoms with Crippen LogP contribution in [0.3, 0.4) is 0 Å². The van der Waals surface area contributed by atoms with Crippen molar-refractivity contribution in [1.29, 1.82) is 0 Å². The quantitative estimate of drug-likeness (QED) is 0.686. The zero-order valence-electron chi connectivity index (χ0n) is 15.9. The molecule has 0 aliphatic carbocycles. The van der Waals surface area contributed by atoms with Crippen LogP contribution in [0.25, 0.3) is 28.5 Å². The van der Waals surface area contributed by atoms with Crippen molar-refractivity contribution < 1.29 is 12.8 Å². The van der Waals surface area contributed by atoms with E-state index in [1.807, 2.05) is 42.5 Å². The smallest absolute Gasteiger partial charge is 0.251 e. The molecule has 3 heterocycles. The number of anilines is 1. The SMILES string of the molecule is CCS(=O)(=O)N1CC=C(c2cnc(N)c(-c3nnc(-c4ccccc4)o3)c2)CC1. The fourth-order valence-electron chi connectivity index (χ4n) is 3.20. The Labute approximate surface area is 169 Å². The topological polar surface area (TPSA) is 115 Å². The number of nitrogen functional groups attached to an aromatic ring is 1. The summed E-state index contributed by atoms with van der Waals surface area (Å²) in [5.74, 6) is 1.10. The van der Waals surface area contributed by atoms with Crippen LogP contribution >= 0.6 is 0 Å². The second-order valence-electron chi connectivity index (χ2n) is 6.67. The lowest BCUT2D eigenvalue weighted by Gasteiger charge is -2.25. The third-order valence-electron chi connectivity index (χ3n) is 4.90. The van der Waals surface area contributed by atoms with Crippen molar-refractivity contribution in [3.63, 3.8) is 0 Å². The lowest BCUT2D eigenvalue weighted by molar-refractivity contribution is 0.442. The first-order valence-corrected chi connectivity index (χ1v) is 10.9. The molecule has 0 saturated carbocycles. The van der Waals surface area contributed by atoms with Gasteiger partial charge in [-0.15, -0.1) is 10.2 Å². The van der Waals surface area contributed by atoms with Crippen LogP contribution in [-0.2, 0) is 10.0 Å². The minimum absolute atomic E-state index is 0.102. The molecule has 0 spiro atoms. The van der Waals surface area contributed by atoms with Crippen molar-refractivity contribution in [3.05, 3.63) is 54.2 Å². The molecule has 4 rings (SSSR count). The Balaban J connectivity index is 1.62. The number of aromatic nitrogens is 3. The number of rotatable bonds is 5. The van der Waals surface area contributed by atoms with Gasteiger partial charge < -0.3 is 10.2 Å². The normalized spacial score (nSPS) is 15.3. The fraction of sp³-hybridized carbons (Fsp3) is 0.250. The summed E-state index contributed by atoms with van der Waals surface area (Å²) in [6.07, 6.45) is 4.20. The van der Waals surface area contributed by atoms with Gasteiger partial charge in [0.25, 0.3) is 5.89 Å². The highest BCUT2D eigenvalue weighted by atomic mass is 32.2. The van der Waals surface area contributed by atoms with Crippen LogP contribution in [0.1, 0.15) is 18.9 Å². The maximum absolute atomic E-state index is 12.0. The number of hydrogen-bond acceptors (Lipinski definition) is 7. The molecular formula is C20H21N5O3S. The van der Waals surface area contributed by atoms with Gasteiger partial charge in [-0.3, -0.25) is 0 Å². The largest absolute Gasteiger partial charge is 0.416 e. The van der Waals surface area contributed by atoms with E-state index in [1.165, 1.54) is 4.31 Å². The maximum Gasteiger partial charge on any atom is 0.251 e. The Bertz CT molecular complexity index is 1160. The van der Waals surface area contributed by atoms with Gasteiger partial charge in [0.1, 0.15) is 5.82 Å². The molecular weight excluding hydrogens is 390 g/mol. The van der Waals surface area contributed by atoms with E-state index in [9.17, 15) is 8.42 Å². The van der Waals surface area contributed by atoms with Gasteiger partial charge in [0.2, 0.25) is 15.9 Å². The molecule has 8 nitrogen and oxygen atoms in total. The van der Waals surface area contributed by atoms with Gasteiger partial charge in [-0.2, -0.15) is 4.31 Å². The Morgan fingerprint density at radius 1 is 1.14 bits per heavy atom. The summed E-state index contributed by atoms with van der Waals surface area (Å²) < 4.78 is 31.4. The Morgan fingerprint density at radius 2 is 1.90 bits per heavy atom. The molecule has 29 heavy (non-hydrogen) atoms. The van der Waals surface area contributed by atoms with Crippen LogP contribution in [0.4, 0.5) is 5.82 Å². The van der Waals surface area contributed by atoms with Gasteiger partial charge >= 0.3 is 0 Å². The molecule has 3 aromatic rings. The first-order chi connectivity index (χ1) is 14.0. The maximum atomic E-state index is 12.0. The van der Waals surface area contributed by atoms with E-state index in [1.54, 1.807) is 13.1 Å². The van der Waals surface area contributed by atoms with Gasteiger partial charge in [0.15, 0.2) is 0 Å². The van der Waals surface area contributed by atoms with Crippen molar-refractivity contribution in [2.45, 2.75) is 13.3 Å². The monoisotopic (exact) mass is 411 g/mol. The summed E-state index contributed by atoms with van der Waals surface area (Å²) in [4.78, 5) is 4.27. The van der Waals surface area contributed by atoms with Crippen LogP contribution in [0.2, 0.25) is 0 Å². The molecule has 2 N–H and O–H groups in total. The minimum atomic E-state index is -3.19. The number of benzene rings is 1. The van der Waals surface area contributed by atoms with Crippen LogP contribution in [0, 0.1) is 0 Å². The predicted molar refractivity (Wildman–Crippen MR) is 111 cm³/mol. The highest BCUT2D eigenvalue weighted by Crippen LogP contribution is 2.31. The van der Waals surface area contributed by atoms with E-state index in [-0.39, 0.29) is 5.75 Å². The predicted octanol–water partition coefficient (Wildman–Crippen LogP) is 2.82. The average Bonchev–Trinajstić information content (AvgIpc) is 3.25. The average molecular weight is 411 g/mol. The Morgan fingerprint density at radius 3 is 2.59 bits per heavy atom. The Hall–Kier alpha value is -3.04. The van der Waals surface area contributed by atoms with Gasteiger partial charge in [-0.25, -0.2) is 13.4 Å². The number of pyridine rings is 1. The van der Waals surface area contributed by atoms with Gasteiger partial charge in [-0.05, 0) is 42.7 Å². The number of nitrogens with zero attached hydrogens (tertiary/aromatic N) is 4. The highest BCUT2D eigenvalue weighted by Gasteiger charge is 2.23. The molecule has 1 aliphatic heterocycles. The van der Waals surface area contributed by atoms with Crippen molar-refractivity contribution >= 4 is 21.4 Å². The first kappa shape index (κ1) is 19.3. The van der Waals surface area contributed by atoms with E-state index >= 15 is 0 Å². The standard InChI is InChI=1S/C20H21N5O3S/c1-2-29(26,27)25-10-8-14(9-11-25)16-12-17(18(21)22-13-16)20-24-23-19(28-20)15-6-4-3-5-7-15/h3-8,12-13H,2,9-11H2,1H3,(H2,21,22). The molecule has 0 radical (unpaired) electrons. The number of hydrogen-bond donors (Lipinski definition) is 1. The van der Waals surface area contributed by atoms with E-state index in [4.69, 9.17) is 10.2 Å². The van der Waals surface area contributed by atoms with Crippen LogP contribution in [0.15, 0.2) is 53.1 Å². The van der Waals surface area contributed by atoms with Crippen molar-refractivity contribution in [2.24, 2.45) is 0 Å². The molecule has 1 aliphatic rings. The number of sulfonamides is 1. The van der Waals surface area contributed by atoms with Crippen molar-refractivity contribution in [1.82, 2.24) is 19.5 Å². The molecule has 2 aromatic heterocycles.